The lowest BCUT2D eigenvalue weighted by Gasteiger charge is -2.45. The monoisotopic (exact) mass is 627 g/mol. The summed E-state index contributed by atoms with van der Waals surface area (Å²) < 4.78 is -0.945. The van der Waals surface area contributed by atoms with Gasteiger partial charge in [0.15, 0.2) is 0 Å². The summed E-state index contributed by atoms with van der Waals surface area (Å²) >= 11 is 1.58. The van der Waals surface area contributed by atoms with Gasteiger partial charge in [-0.1, -0.05) is 93.6 Å². The van der Waals surface area contributed by atoms with Gasteiger partial charge in [0.25, 0.3) is 0 Å². The van der Waals surface area contributed by atoms with Crippen LogP contribution in [0.25, 0.3) is 0 Å². The zero-order valence-corrected chi connectivity index (χ0v) is 27.7. The summed E-state index contributed by atoms with van der Waals surface area (Å²) in [5.74, 6) is -1.82. The molecule has 7 nitrogen and oxygen atoms in total. The molecular weight excluding hydrogens is 582 g/mol. The first-order valence-corrected chi connectivity index (χ1v) is 16.9. The SMILES string of the molecule is CC(C)(C)CC(C)(C)N1CC=C[C@]23S[C@@H]4C=CCN(c5ccccc5)C(=O)[C@@H]4[C@H]2C(=O)N([C@@H](CO)Cc2ccccc2)C3C1=O. The van der Waals surface area contributed by atoms with E-state index in [4.69, 9.17) is 0 Å². The second kappa shape index (κ2) is 11.8. The van der Waals surface area contributed by atoms with Crippen LogP contribution in [0.5, 0.6) is 0 Å². The average molecular weight is 628 g/mol. The lowest BCUT2D eigenvalue weighted by Crippen LogP contribution is -2.60. The van der Waals surface area contributed by atoms with Crippen molar-refractivity contribution < 1.29 is 19.5 Å². The normalized spacial score (nSPS) is 28.9. The van der Waals surface area contributed by atoms with Crippen LogP contribution in [-0.4, -0.2) is 79.9 Å². The van der Waals surface area contributed by atoms with Crippen LogP contribution in [0.15, 0.2) is 85.0 Å². The molecule has 4 aliphatic rings. The van der Waals surface area contributed by atoms with Crippen molar-refractivity contribution in [2.45, 2.75) is 75.1 Å². The lowest BCUT2D eigenvalue weighted by atomic mass is 9.77. The smallest absolute Gasteiger partial charge is 0.247 e. The molecule has 0 aliphatic carbocycles. The van der Waals surface area contributed by atoms with Gasteiger partial charge in [-0.15, -0.1) is 11.8 Å². The summed E-state index contributed by atoms with van der Waals surface area (Å²) in [5, 5.41) is 10.6. The highest BCUT2D eigenvalue weighted by Gasteiger charge is 2.72. The van der Waals surface area contributed by atoms with Crippen molar-refractivity contribution in [1.29, 1.82) is 0 Å². The third-order valence-electron chi connectivity index (χ3n) is 9.78. The number of carbonyl (C=O) groups is 3. The molecule has 2 aromatic carbocycles. The van der Waals surface area contributed by atoms with E-state index >= 15 is 4.79 Å². The van der Waals surface area contributed by atoms with Crippen LogP contribution in [0.2, 0.25) is 0 Å². The fourth-order valence-corrected chi connectivity index (χ4v) is 10.4. The number of hydrogen-bond acceptors (Lipinski definition) is 5. The molecule has 0 radical (unpaired) electrons. The maximum atomic E-state index is 15.1. The predicted molar refractivity (Wildman–Crippen MR) is 180 cm³/mol. The number of benzene rings is 2. The fourth-order valence-electron chi connectivity index (χ4n) is 8.38. The molecule has 2 saturated heterocycles. The van der Waals surface area contributed by atoms with Crippen molar-refractivity contribution in [1.82, 2.24) is 9.80 Å². The number of nitrogens with zero attached hydrogens (tertiary/aromatic N) is 3. The third kappa shape index (κ3) is 5.54. The molecule has 1 spiro atoms. The van der Waals surface area contributed by atoms with Crippen LogP contribution in [0.3, 0.4) is 0 Å². The summed E-state index contributed by atoms with van der Waals surface area (Å²) in [6.45, 7) is 11.3. The van der Waals surface area contributed by atoms with E-state index in [0.717, 1.165) is 17.7 Å². The summed E-state index contributed by atoms with van der Waals surface area (Å²) in [7, 11) is 0. The summed E-state index contributed by atoms with van der Waals surface area (Å²) in [5.41, 5.74) is 1.25. The molecule has 238 valence electrons. The van der Waals surface area contributed by atoms with Crippen molar-refractivity contribution in [3.8, 4) is 0 Å². The molecule has 0 aromatic heterocycles. The third-order valence-corrected chi connectivity index (χ3v) is 11.5. The molecular formula is C37H45N3O4S. The van der Waals surface area contributed by atoms with E-state index in [9.17, 15) is 14.7 Å². The van der Waals surface area contributed by atoms with Gasteiger partial charge >= 0.3 is 0 Å². The number of aliphatic hydroxyl groups is 1. The second-order valence-electron chi connectivity index (χ2n) is 14.7. The molecule has 4 aliphatic heterocycles. The molecule has 0 bridgehead atoms. The summed E-state index contributed by atoms with van der Waals surface area (Å²) in [6, 6.07) is 17.9. The van der Waals surface area contributed by atoms with Crippen LogP contribution >= 0.6 is 11.8 Å². The maximum absolute atomic E-state index is 15.1. The van der Waals surface area contributed by atoms with Crippen molar-refractivity contribution >= 4 is 35.2 Å². The summed E-state index contributed by atoms with van der Waals surface area (Å²) in [6.07, 6.45) is 9.37. The molecule has 3 amide bonds. The maximum Gasteiger partial charge on any atom is 0.247 e. The van der Waals surface area contributed by atoms with E-state index in [1.807, 2.05) is 77.7 Å². The Labute approximate surface area is 271 Å². The zero-order chi connectivity index (χ0) is 32.1. The highest BCUT2D eigenvalue weighted by molar-refractivity contribution is 8.02. The lowest BCUT2D eigenvalue weighted by molar-refractivity contribution is -0.149. The fraction of sp³-hybridized carbons (Fsp3) is 0.486. The molecule has 2 fully saturated rings. The van der Waals surface area contributed by atoms with Crippen molar-refractivity contribution in [3.05, 3.63) is 90.5 Å². The number of carbonyl (C=O) groups excluding carboxylic acids is 3. The van der Waals surface area contributed by atoms with E-state index in [-0.39, 0.29) is 35.0 Å². The van der Waals surface area contributed by atoms with Crippen molar-refractivity contribution in [2.24, 2.45) is 17.3 Å². The Kier molecular flexibility index (Phi) is 8.27. The van der Waals surface area contributed by atoms with Gasteiger partial charge in [0, 0.05) is 29.6 Å². The number of likely N-dealkylation sites (tertiary alicyclic amines) is 1. The van der Waals surface area contributed by atoms with Gasteiger partial charge in [-0.2, -0.15) is 0 Å². The molecule has 0 saturated carbocycles. The first-order chi connectivity index (χ1) is 21.4. The molecule has 6 atom stereocenters. The van der Waals surface area contributed by atoms with Gasteiger partial charge in [-0.3, -0.25) is 14.4 Å². The average Bonchev–Trinajstić information content (AvgIpc) is 3.30. The number of hydrogen-bond donors (Lipinski definition) is 1. The Morgan fingerprint density at radius 2 is 1.56 bits per heavy atom. The van der Waals surface area contributed by atoms with Crippen LogP contribution < -0.4 is 4.90 Å². The van der Waals surface area contributed by atoms with Gasteiger partial charge < -0.3 is 19.8 Å². The van der Waals surface area contributed by atoms with Crippen molar-refractivity contribution in [3.63, 3.8) is 0 Å². The molecule has 1 unspecified atom stereocenters. The molecule has 2 aromatic rings. The van der Waals surface area contributed by atoms with Crippen LogP contribution in [-0.2, 0) is 20.8 Å². The van der Waals surface area contributed by atoms with E-state index in [2.05, 4.69) is 46.8 Å². The van der Waals surface area contributed by atoms with E-state index in [0.29, 0.717) is 19.5 Å². The predicted octanol–water partition coefficient (Wildman–Crippen LogP) is 5.10. The Balaban J connectivity index is 1.46. The quantitative estimate of drug-likeness (QED) is 0.432. The Hall–Kier alpha value is -3.36. The van der Waals surface area contributed by atoms with Crippen LogP contribution in [0, 0.1) is 17.3 Å². The number of amides is 3. The molecule has 1 N–H and O–H groups in total. The van der Waals surface area contributed by atoms with E-state index in [1.54, 1.807) is 21.6 Å². The number of rotatable bonds is 7. The Bertz CT molecular complexity index is 1500. The van der Waals surface area contributed by atoms with Gasteiger partial charge in [0.2, 0.25) is 17.7 Å². The molecule has 6 rings (SSSR count). The first kappa shape index (κ1) is 31.6. The summed E-state index contributed by atoms with van der Waals surface area (Å²) in [4.78, 5) is 49.9. The Morgan fingerprint density at radius 1 is 0.889 bits per heavy atom. The Morgan fingerprint density at radius 3 is 2.20 bits per heavy atom. The van der Waals surface area contributed by atoms with Crippen LogP contribution in [0.4, 0.5) is 5.69 Å². The van der Waals surface area contributed by atoms with Gasteiger partial charge in [-0.05, 0) is 49.8 Å². The number of anilines is 1. The zero-order valence-electron chi connectivity index (χ0n) is 26.9. The minimum Gasteiger partial charge on any atom is -0.394 e. The second-order valence-corrected chi connectivity index (χ2v) is 16.2. The van der Waals surface area contributed by atoms with E-state index in [1.165, 1.54) is 0 Å². The van der Waals surface area contributed by atoms with Gasteiger partial charge in [-0.25, -0.2) is 0 Å². The van der Waals surface area contributed by atoms with Gasteiger partial charge in [0.05, 0.1) is 29.2 Å². The molecule has 8 heteroatoms. The number of thioether (sulfide) groups is 1. The highest BCUT2D eigenvalue weighted by Crippen LogP contribution is 2.62. The minimum absolute atomic E-state index is 0.0282. The highest BCUT2D eigenvalue weighted by atomic mass is 32.2. The minimum atomic E-state index is -0.945. The molecule has 4 heterocycles. The number of para-hydroxylation sites is 1. The standard InChI is InChI=1S/C37H45N3O4S/c1-35(2,3)24-36(4,5)39-21-13-19-37-30(29-28(45-37)18-12-20-38(32(29)42)26-16-10-7-11-17-26)33(43)40(31(37)34(39)44)27(23-41)22-25-14-8-6-9-15-25/h6-19,27-31,41H,20-24H2,1-5H3/t27-,28-,29+,30+,31?,37+/m1/s1. The van der Waals surface area contributed by atoms with E-state index < -0.39 is 34.2 Å². The van der Waals surface area contributed by atoms with Crippen molar-refractivity contribution in [2.75, 3.05) is 24.6 Å². The number of aliphatic hydroxyl groups excluding tert-OH is 1. The topological polar surface area (TPSA) is 81.2 Å². The largest absolute Gasteiger partial charge is 0.394 e. The van der Waals surface area contributed by atoms with Gasteiger partial charge in [0.1, 0.15) is 6.04 Å². The first-order valence-electron chi connectivity index (χ1n) is 16.0. The molecule has 45 heavy (non-hydrogen) atoms. The van der Waals surface area contributed by atoms with Crippen LogP contribution in [0.1, 0.15) is 46.6 Å². The number of fused-ring (bicyclic) bond motifs is 2.